The van der Waals surface area contributed by atoms with Crippen molar-refractivity contribution in [2.75, 3.05) is 19.0 Å². The van der Waals surface area contributed by atoms with Gasteiger partial charge in [0.25, 0.3) is 5.91 Å². The number of aromatic nitrogens is 4. The zero-order chi connectivity index (χ0) is 22.0. The highest BCUT2D eigenvalue weighted by Gasteiger charge is 2.20. The highest BCUT2D eigenvalue weighted by atomic mass is 16.5. The Morgan fingerprint density at radius 3 is 2.32 bits per heavy atom. The summed E-state index contributed by atoms with van der Waals surface area (Å²) in [5, 5.41) is 16.0. The molecule has 0 saturated carbocycles. The zero-order valence-electron chi connectivity index (χ0n) is 17.8. The fourth-order valence-corrected chi connectivity index (χ4v) is 3.41. The number of carbonyl (C=O) groups is 1. The summed E-state index contributed by atoms with van der Waals surface area (Å²) in [6.45, 7) is 6.22. The van der Waals surface area contributed by atoms with Crippen LogP contribution < -0.4 is 14.8 Å². The maximum Gasteiger partial charge on any atom is 0.278 e. The van der Waals surface area contributed by atoms with E-state index in [4.69, 9.17) is 9.47 Å². The molecule has 0 aliphatic carbocycles. The SMILES string of the molecule is CCOc1ccc(NC(=O)c2nnc3c(-c4ccc(OC)cc4)c(C)nn3c2C)cc1. The van der Waals surface area contributed by atoms with Gasteiger partial charge < -0.3 is 14.8 Å². The molecule has 2 heterocycles. The van der Waals surface area contributed by atoms with E-state index in [-0.39, 0.29) is 11.6 Å². The van der Waals surface area contributed by atoms with Crippen molar-refractivity contribution in [2.24, 2.45) is 0 Å². The molecule has 158 valence electrons. The number of aryl methyl sites for hydroxylation is 2. The molecular formula is C23H23N5O3. The van der Waals surface area contributed by atoms with Crippen LogP contribution in [0.2, 0.25) is 0 Å². The second kappa shape index (κ2) is 8.43. The van der Waals surface area contributed by atoms with Gasteiger partial charge in [0.2, 0.25) is 0 Å². The number of hydrogen-bond donors (Lipinski definition) is 1. The molecule has 4 aromatic rings. The van der Waals surface area contributed by atoms with E-state index < -0.39 is 0 Å². The van der Waals surface area contributed by atoms with Crippen molar-refractivity contribution in [1.29, 1.82) is 0 Å². The van der Waals surface area contributed by atoms with Gasteiger partial charge in [-0.15, -0.1) is 10.2 Å². The second-order valence-corrected chi connectivity index (χ2v) is 6.97. The van der Waals surface area contributed by atoms with E-state index in [2.05, 4.69) is 20.6 Å². The number of benzene rings is 2. The number of nitrogens with zero attached hydrogens (tertiary/aromatic N) is 4. The summed E-state index contributed by atoms with van der Waals surface area (Å²) in [6, 6.07) is 14.8. The largest absolute Gasteiger partial charge is 0.497 e. The molecular weight excluding hydrogens is 394 g/mol. The van der Waals surface area contributed by atoms with Crippen LogP contribution in [-0.4, -0.2) is 39.4 Å². The summed E-state index contributed by atoms with van der Waals surface area (Å²) >= 11 is 0. The van der Waals surface area contributed by atoms with Gasteiger partial charge in [-0.1, -0.05) is 12.1 Å². The van der Waals surface area contributed by atoms with E-state index in [0.29, 0.717) is 23.6 Å². The van der Waals surface area contributed by atoms with Gasteiger partial charge >= 0.3 is 0 Å². The van der Waals surface area contributed by atoms with Crippen LogP contribution in [0.3, 0.4) is 0 Å². The molecule has 2 aromatic carbocycles. The number of fused-ring (bicyclic) bond motifs is 1. The fourth-order valence-electron chi connectivity index (χ4n) is 3.41. The fraction of sp³-hybridized carbons (Fsp3) is 0.217. The lowest BCUT2D eigenvalue weighted by Crippen LogP contribution is -2.18. The first-order chi connectivity index (χ1) is 15.0. The van der Waals surface area contributed by atoms with E-state index >= 15 is 0 Å². The van der Waals surface area contributed by atoms with Crippen molar-refractivity contribution in [3.8, 4) is 22.6 Å². The van der Waals surface area contributed by atoms with Gasteiger partial charge in [-0.3, -0.25) is 4.79 Å². The van der Waals surface area contributed by atoms with Crippen molar-refractivity contribution >= 4 is 17.2 Å². The molecule has 2 aromatic heterocycles. The summed E-state index contributed by atoms with van der Waals surface area (Å²) in [7, 11) is 1.63. The third kappa shape index (κ3) is 3.92. The number of carbonyl (C=O) groups excluding carboxylic acids is 1. The molecule has 0 atom stereocenters. The minimum Gasteiger partial charge on any atom is -0.497 e. The lowest BCUT2D eigenvalue weighted by molar-refractivity contribution is 0.102. The first-order valence-electron chi connectivity index (χ1n) is 9.93. The molecule has 0 bridgehead atoms. The number of methoxy groups -OCH3 is 1. The van der Waals surface area contributed by atoms with Crippen molar-refractivity contribution < 1.29 is 14.3 Å². The quantitative estimate of drug-likeness (QED) is 0.509. The van der Waals surface area contributed by atoms with Crippen molar-refractivity contribution in [2.45, 2.75) is 20.8 Å². The third-order valence-electron chi connectivity index (χ3n) is 4.96. The number of nitrogens with one attached hydrogen (secondary N) is 1. The van der Waals surface area contributed by atoms with E-state index in [9.17, 15) is 4.79 Å². The maximum atomic E-state index is 12.8. The van der Waals surface area contributed by atoms with Crippen LogP contribution in [0.5, 0.6) is 11.5 Å². The minimum atomic E-state index is -0.352. The molecule has 0 saturated heterocycles. The first kappa shape index (κ1) is 20.3. The monoisotopic (exact) mass is 417 g/mol. The van der Waals surface area contributed by atoms with Crippen molar-refractivity contribution in [3.63, 3.8) is 0 Å². The lowest BCUT2D eigenvalue weighted by Gasteiger charge is -2.09. The molecule has 0 radical (unpaired) electrons. The van der Waals surface area contributed by atoms with Gasteiger partial charge in [0.05, 0.1) is 30.7 Å². The summed E-state index contributed by atoms with van der Waals surface area (Å²) in [6.07, 6.45) is 0. The predicted molar refractivity (Wildman–Crippen MR) is 118 cm³/mol. The van der Waals surface area contributed by atoms with Crippen LogP contribution in [-0.2, 0) is 0 Å². The maximum absolute atomic E-state index is 12.8. The van der Waals surface area contributed by atoms with Crippen LogP contribution in [0.1, 0.15) is 28.8 Å². The highest BCUT2D eigenvalue weighted by molar-refractivity contribution is 6.03. The molecule has 1 amide bonds. The smallest absolute Gasteiger partial charge is 0.278 e. The minimum absolute atomic E-state index is 0.213. The van der Waals surface area contributed by atoms with Gasteiger partial charge in [-0.25, -0.2) is 4.52 Å². The van der Waals surface area contributed by atoms with Crippen LogP contribution >= 0.6 is 0 Å². The van der Waals surface area contributed by atoms with Gasteiger partial charge in [0, 0.05) is 5.69 Å². The average Bonchev–Trinajstić information content (AvgIpc) is 3.12. The van der Waals surface area contributed by atoms with Gasteiger partial charge in [0.15, 0.2) is 11.3 Å². The summed E-state index contributed by atoms with van der Waals surface area (Å²) < 4.78 is 12.3. The van der Waals surface area contributed by atoms with Crippen LogP contribution in [0.25, 0.3) is 16.8 Å². The third-order valence-corrected chi connectivity index (χ3v) is 4.96. The standard InChI is InChI=1S/C23H23N5O3/c1-5-31-19-12-8-17(9-13-19)24-23(29)21-15(3)28-22(26-25-21)20(14(2)27-28)16-6-10-18(30-4)11-7-16/h6-13H,5H2,1-4H3,(H,24,29). The Morgan fingerprint density at radius 2 is 1.68 bits per heavy atom. The molecule has 4 rings (SSSR count). The Morgan fingerprint density at radius 1 is 1.00 bits per heavy atom. The summed E-state index contributed by atoms with van der Waals surface area (Å²) in [5.74, 6) is 1.17. The Kier molecular flexibility index (Phi) is 5.53. The number of ether oxygens (including phenoxy) is 2. The Labute approximate surface area is 179 Å². The topological polar surface area (TPSA) is 90.6 Å². The van der Waals surface area contributed by atoms with E-state index in [0.717, 1.165) is 28.3 Å². The second-order valence-electron chi connectivity index (χ2n) is 6.97. The van der Waals surface area contributed by atoms with Crippen LogP contribution in [0.15, 0.2) is 48.5 Å². The normalized spacial score (nSPS) is 10.8. The number of rotatable bonds is 6. The number of hydrogen-bond acceptors (Lipinski definition) is 6. The van der Waals surface area contributed by atoms with Gasteiger partial charge in [0.1, 0.15) is 11.5 Å². The molecule has 0 aliphatic rings. The molecule has 8 nitrogen and oxygen atoms in total. The lowest BCUT2D eigenvalue weighted by atomic mass is 10.1. The molecule has 0 aliphatic heterocycles. The van der Waals surface area contributed by atoms with Gasteiger partial charge in [-0.2, -0.15) is 5.10 Å². The van der Waals surface area contributed by atoms with Crippen molar-refractivity contribution in [3.05, 3.63) is 65.6 Å². The molecule has 0 fully saturated rings. The van der Waals surface area contributed by atoms with E-state index in [1.165, 1.54) is 0 Å². The Balaban J connectivity index is 1.65. The zero-order valence-corrected chi connectivity index (χ0v) is 17.8. The summed E-state index contributed by atoms with van der Waals surface area (Å²) in [4.78, 5) is 12.8. The predicted octanol–water partition coefficient (Wildman–Crippen LogP) is 4.07. The van der Waals surface area contributed by atoms with Gasteiger partial charge in [-0.05, 0) is 62.7 Å². The van der Waals surface area contributed by atoms with E-state index in [1.807, 2.05) is 38.1 Å². The Hall–Kier alpha value is -3.94. The van der Waals surface area contributed by atoms with Crippen molar-refractivity contribution in [1.82, 2.24) is 19.8 Å². The van der Waals surface area contributed by atoms with Crippen LogP contribution in [0, 0.1) is 13.8 Å². The highest BCUT2D eigenvalue weighted by Crippen LogP contribution is 2.29. The summed E-state index contributed by atoms with van der Waals surface area (Å²) in [5.41, 5.74) is 4.68. The average molecular weight is 417 g/mol. The molecule has 0 spiro atoms. The Bertz CT molecular complexity index is 1230. The number of amides is 1. The number of anilines is 1. The molecule has 1 N–H and O–H groups in total. The molecule has 31 heavy (non-hydrogen) atoms. The molecule has 8 heteroatoms. The first-order valence-corrected chi connectivity index (χ1v) is 9.93. The van der Waals surface area contributed by atoms with Crippen LogP contribution in [0.4, 0.5) is 5.69 Å². The van der Waals surface area contributed by atoms with E-state index in [1.54, 1.807) is 42.8 Å². The molecule has 0 unspecified atom stereocenters.